The molecule has 1 aromatic heterocycles. The molecule has 0 spiro atoms. The van der Waals surface area contributed by atoms with Crippen molar-refractivity contribution in [1.82, 2.24) is 4.98 Å². The fourth-order valence-electron chi connectivity index (χ4n) is 1.77. The van der Waals surface area contributed by atoms with E-state index >= 15 is 0 Å². The molecule has 0 aliphatic heterocycles. The quantitative estimate of drug-likeness (QED) is 0.758. The van der Waals surface area contributed by atoms with Crippen LogP contribution in [0.1, 0.15) is 21.6 Å². The number of carbonyl (C=O) groups is 1. The highest BCUT2D eigenvalue weighted by Gasteiger charge is 2.11. The van der Waals surface area contributed by atoms with Gasteiger partial charge in [-0.15, -0.1) is 0 Å². The second-order valence-corrected chi connectivity index (χ2v) is 4.19. The molecule has 0 unspecified atom stereocenters. The molecule has 0 aliphatic carbocycles. The molecule has 0 saturated heterocycles. The van der Waals surface area contributed by atoms with Crippen molar-refractivity contribution in [2.24, 2.45) is 0 Å². The number of rotatable bonds is 2. The van der Waals surface area contributed by atoms with Crippen LogP contribution in [0.2, 0.25) is 0 Å². The van der Waals surface area contributed by atoms with E-state index in [1.807, 2.05) is 44.2 Å². The molecule has 0 N–H and O–H groups in total. The zero-order valence-corrected chi connectivity index (χ0v) is 10.7. The van der Waals surface area contributed by atoms with Crippen molar-refractivity contribution in [3.63, 3.8) is 0 Å². The summed E-state index contributed by atoms with van der Waals surface area (Å²) in [6, 6.07) is 11.7. The third kappa shape index (κ3) is 2.40. The first-order valence-electron chi connectivity index (χ1n) is 5.75. The normalized spacial score (nSPS) is 10.2. The molecule has 3 heteroatoms. The van der Waals surface area contributed by atoms with Crippen molar-refractivity contribution in [2.45, 2.75) is 13.8 Å². The zero-order chi connectivity index (χ0) is 13.1. The van der Waals surface area contributed by atoms with Gasteiger partial charge in [-0.05, 0) is 26.0 Å². The van der Waals surface area contributed by atoms with Gasteiger partial charge in [0.05, 0.1) is 24.1 Å². The summed E-state index contributed by atoms with van der Waals surface area (Å²) in [5.41, 5.74) is 4.30. The summed E-state index contributed by atoms with van der Waals surface area (Å²) in [6.07, 6.45) is 0. The third-order valence-electron chi connectivity index (χ3n) is 2.84. The average molecular weight is 241 g/mol. The topological polar surface area (TPSA) is 39.2 Å². The molecular formula is C15H15NO2. The number of carbonyl (C=O) groups excluding carboxylic acids is 1. The summed E-state index contributed by atoms with van der Waals surface area (Å²) in [7, 11) is 1.37. The van der Waals surface area contributed by atoms with Gasteiger partial charge in [-0.1, -0.05) is 29.8 Å². The average Bonchev–Trinajstić information content (AvgIpc) is 2.38. The number of benzene rings is 1. The van der Waals surface area contributed by atoms with Crippen molar-refractivity contribution in [2.75, 3.05) is 7.11 Å². The molecule has 0 radical (unpaired) electrons. The Hall–Kier alpha value is -2.16. The van der Waals surface area contributed by atoms with E-state index < -0.39 is 0 Å². The standard InChI is InChI=1S/C15H15NO2/c1-10-4-6-12(7-5-10)14-9-8-13(11(2)16-14)15(17)18-3/h4-9H,1-3H3. The van der Waals surface area contributed by atoms with Gasteiger partial charge in [0, 0.05) is 5.56 Å². The second-order valence-electron chi connectivity index (χ2n) is 4.19. The van der Waals surface area contributed by atoms with E-state index in [1.165, 1.54) is 12.7 Å². The second kappa shape index (κ2) is 5.00. The summed E-state index contributed by atoms with van der Waals surface area (Å²) in [5.74, 6) is -0.351. The van der Waals surface area contributed by atoms with Crippen LogP contribution in [-0.4, -0.2) is 18.1 Å². The lowest BCUT2D eigenvalue weighted by molar-refractivity contribution is 0.0599. The molecule has 2 aromatic rings. The molecule has 0 saturated carbocycles. The predicted molar refractivity (Wildman–Crippen MR) is 70.5 cm³/mol. The van der Waals surface area contributed by atoms with Gasteiger partial charge < -0.3 is 4.74 Å². The number of hydrogen-bond acceptors (Lipinski definition) is 3. The van der Waals surface area contributed by atoms with E-state index in [1.54, 1.807) is 6.07 Å². The Labute approximate surface area is 106 Å². The molecule has 0 bridgehead atoms. The van der Waals surface area contributed by atoms with Crippen LogP contribution in [0.15, 0.2) is 36.4 Å². The van der Waals surface area contributed by atoms with Gasteiger partial charge in [0.2, 0.25) is 0 Å². The lowest BCUT2D eigenvalue weighted by atomic mass is 10.1. The molecule has 1 heterocycles. The summed E-state index contributed by atoms with van der Waals surface area (Å²) in [5, 5.41) is 0. The lowest BCUT2D eigenvalue weighted by Gasteiger charge is -2.06. The van der Waals surface area contributed by atoms with Crippen LogP contribution in [0.4, 0.5) is 0 Å². The number of pyridine rings is 1. The van der Waals surface area contributed by atoms with Gasteiger partial charge in [-0.25, -0.2) is 4.79 Å². The first kappa shape index (κ1) is 12.3. The number of hydrogen-bond donors (Lipinski definition) is 0. The van der Waals surface area contributed by atoms with Crippen molar-refractivity contribution in [3.05, 3.63) is 53.2 Å². The minimum absolute atomic E-state index is 0.351. The molecule has 2 rings (SSSR count). The predicted octanol–water partition coefficient (Wildman–Crippen LogP) is 3.15. The fraction of sp³-hybridized carbons (Fsp3) is 0.200. The summed E-state index contributed by atoms with van der Waals surface area (Å²) < 4.78 is 4.70. The lowest BCUT2D eigenvalue weighted by Crippen LogP contribution is -2.05. The molecule has 18 heavy (non-hydrogen) atoms. The smallest absolute Gasteiger partial charge is 0.339 e. The number of nitrogens with zero attached hydrogens (tertiary/aromatic N) is 1. The van der Waals surface area contributed by atoms with E-state index in [0.717, 1.165) is 11.3 Å². The van der Waals surface area contributed by atoms with Gasteiger partial charge in [0.15, 0.2) is 0 Å². The minimum atomic E-state index is -0.351. The molecule has 0 aliphatic rings. The van der Waals surface area contributed by atoms with Crippen LogP contribution in [0, 0.1) is 13.8 Å². The van der Waals surface area contributed by atoms with E-state index in [-0.39, 0.29) is 5.97 Å². The summed E-state index contributed by atoms with van der Waals surface area (Å²) in [4.78, 5) is 15.9. The van der Waals surface area contributed by atoms with Crippen LogP contribution in [-0.2, 0) is 4.74 Å². The largest absolute Gasteiger partial charge is 0.465 e. The van der Waals surface area contributed by atoms with Gasteiger partial charge in [-0.2, -0.15) is 0 Å². The van der Waals surface area contributed by atoms with E-state index in [9.17, 15) is 4.79 Å². The van der Waals surface area contributed by atoms with Crippen LogP contribution >= 0.6 is 0 Å². The third-order valence-corrected chi connectivity index (χ3v) is 2.84. The molecule has 3 nitrogen and oxygen atoms in total. The molecule has 0 fully saturated rings. The first-order chi connectivity index (χ1) is 8.61. The number of esters is 1. The van der Waals surface area contributed by atoms with Gasteiger partial charge in [0.1, 0.15) is 0 Å². The Morgan fingerprint density at radius 3 is 2.28 bits per heavy atom. The maximum Gasteiger partial charge on any atom is 0.339 e. The van der Waals surface area contributed by atoms with Crippen molar-refractivity contribution in [1.29, 1.82) is 0 Å². The van der Waals surface area contributed by atoms with Crippen LogP contribution in [0.25, 0.3) is 11.3 Å². The van der Waals surface area contributed by atoms with Crippen LogP contribution in [0.3, 0.4) is 0 Å². The first-order valence-corrected chi connectivity index (χ1v) is 5.75. The summed E-state index contributed by atoms with van der Waals surface area (Å²) in [6.45, 7) is 3.85. The highest BCUT2D eigenvalue weighted by molar-refractivity contribution is 5.90. The monoisotopic (exact) mass is 241 g/mol. The highest BCUT2D eigenvalue weighted by Crippen LogP contribution is 2.19. The zero-order valence-electron chi connectivity index (χ0n) is 10.7. The Kier molecular flexibility index (Phi) is 3.42. The van der Waals surface area contributed by atoms with E-state index in [2.05, 4.69) is 4.98 Å². The molecule has 1 aromatic carbocycles. The maximum absolute atomic E-state index is 11.5. The van der Waals surface area contributed by atoms with Crippen LogP contribution in [0.5, 0.6) is 0 Å². The van der Waals surface area contributed by atoms with Crippen molar-refractivity contribution >= 4 is 5.97 Å². The molecule has 0 amide bonds. The maximum atomic E-state index is 11.5. The Morgan fingerprint density at radius 1 is 1.06 bits per heavy atom. The van der Waals surface area contributed by atoms with Crippen molar-refractivity contribution < 1.29 is 9.53 Å². The molecule has 92 valence electrons. The van der Waals surface area contributed by atoms with Crippen LogP contribution < -0.4 is 0 Å². The number of aromatic nitrogens is 1. The number of ether oxygens (including phenoxy) is 1. The van der Waals surface area contributed by atoms with E-state index in [4.69, 9.17) is 4.74 Å². The molecule has 0 atom stereocenters. The summed E-state index contributed by atoms with van der Waals surface area (Å²) >= 11 is 0. The van der Waals surface area contributed by atoms with Gasteiger partial charge in [-0.3, -0.25) is 4.98 Å². The van der Waals surface area contributed by atoms with E-state index in [0.29, 0.717) is 11.3 Å². The van der Waals surface area contributed by atoms with Gasteiger partial charge in [0.25, 0.3) is 0 Å². The highest BCUT2D eigenvalue weighted by atomic mass is 16.5. The van der Waals surface area contributed by atoms with Gasteiger partial charge >= 0.3 is 5.97 Å². The minimum Gasteiger partial charge on any atom is -0.465 e. The Balaban J connectivity index is 2.40. The van der Waals surface area contributed by atoms with Crippen molar-refractivity contribution in [3.8, 4) is 11.3 Å². The fourth-order valence-corrected chi connectivity index (χ4v) is 1.77. The molecular weight excluding hydrogens is 226 g/mol. The number of aryl methyl sites for hydroxylation is 2. The SMILES string of the molecule is COC(=O)c1ccc(-c2ccc(C)cc2)nc1C. The Morgan fingerprint density at radius 2 is 1.72 bits per heavy atom. The Bertz CT molecular complexity index is 574. The number of methoxy groups -OCH3 is 1.